The first-order valence-electron chi connectivity index (χ1n) is 9.47. The summed E-state index contributed by atoms with van der Waals surface area (Å²) in [6.07, 6.45) is 1.51. The molecule has 3 aromatic rings. The third-order valence-corrected chi connectivity index (χ3v) is 7.10. The lowest BCUT2D eigenvalue weighted by atomic mass is 10.1. The fourth-order valence-electron chi connectivity index (χ4n) is 3.67. The van der Waals surface area contributed by atoms with Crippen molar-refractivity contribution in [2.75, 3.05) is 29.0 Å². The van der Waals surface area contributed by atoms with Crippen LogP contribution in [0.1, 0.15) is 28.9 Å². The number of aromatic amines is 1. The van der Waals surface area contributed by atoms with E-state index in [1.54, 1.807) is 31.4 Å². The molecule has 0 spiro atoms. The number of carbonyl (C=O) groups excluding carboxylic acids is 1. The normalized spacial score (nSPS) is 16.0. The predicted octanol–water partition coefficient (Wildman–Crippen LogP) is 3.67. The first kappa shape index (κ1) is 19.3. The van der Waals surface area contributed by atoms with E-state index in [-0.39, 0.29) is 11.7 Å². The molecule has 1 aromatic heterocycles. The SMILES string of the molecule is COc1ccc2[nH]c(C(=O)Nc3cccc(N4CCCCS4(=O)=O)c3)c(C)c2c1. The molecule has 29 heavy (non-hydrogen) atoms. The summed E-state index contributed by atoms with van der Waals surface area (Å²) in [6.45, 7) is 2.34. The van der Waals surface area contributed by atoms with Crippen LogP contribution in [0.4, 0.5) is 11.4 Å². The second-order valence-electron chi connectivity index (χ2n) is 7.14. The summed E-state index contributed by atoms with van der Waals surface area (Å²) in [5.41, 5.74) is 3.25. The Kier molecular flexibility index (Phi) is 4.96. The Bertz CT molecular complexity index is 1180. The van der Waals surface area contributed by atoms with Crippen molar-refractivity contribution in [3.05, 3.63) is 53.7 Å². The topological polar surface area (TPSA) is 91.5 Å². The number of methoxy groups -OCH3 is 1. The van der Waals surface area contributed by atoms with Crippen molar-refractivity contribution in [1.29, 1.82) is 0 Å². The van der Waals surface area contributed by atoms with Gasteiger partial charge < -0.3 is 15.0 Å². The van der Waals surface area contributed by atoms with E-state index >= 15 is 0 Å². The molecule has 1 fully saturated rings. The molecule has 0 radical (unpaired) electrons. The van der Waals surface area contributed by atoms with Crippen LogP contribution >= 0.6 is 0 Å². The van der Waals surface area contributed by atoms with Gasteiger partial charge in [-0.05, 0) is 61.7 Å². The van der Waals surface area contributed by atoms with E-state index in [2.05, 4.69) is 10.3 Å². The Morgan fingerprint density at radius 3 is 2.76 bits per heavy atom. The van der Waals surface area contributed by atoms with Crippen LogP contribution in [0, 0.1) is 6.92 Å². The number of ether oxygens (including phenoxy) is 1. The molecule has 1 saturated heterocycles. The molecule has 1 aliphatic heterocycles. The summed E-state index contributed by atoms with van der Waals surface area (Å²) in [5.74, 6) is 0.597. The average molecular weight is 413 g/mol. The summed E-state index contributed by atoms with van der Waals surface area (Å²) in [4.78, 5) is 16.0. The van der Waals surface area contributed by atoms with Gasteiger partial charge in [0, 0.05) is 23.1 Å². The number of rotatable bonds is 4. The molecule has 2 heterocycles. The third kappa shape index (κ3) is 3.67. The van der Waals surface area contributed by atoms with E-state index in [0.29, 0.717) is 30.0 Å². The van der Waals surface area contributed by atoms with Gasteiger partial charge in [0.15, 0.2) is 0 Å². The summed E-state index contributed by atoms with van der Waals surface area (Å²) >= 11 is 0. The number of nitrogens with one attached hydrogen (secondary N) is 2. The number of benzene rings is 2. The van der Waals surface area contributed by atoms with Crippen molar-refractivity contribution in [2.45, 2.75) is 19.8 Å². The number of hydrogen-bond donors (Lipinski definition) is 2. The van der Waals surface area contributed by atoms with Gasteiger partial charge in [0.25, 0.3) is 5.91 Å². The van der Waals surface area contributed by atoms with E-state index in [9.17, 15) is 13.2 Å². The van der Waals surface area contributed by atoms with Crippen LogP contribution < -0.4 is 14.4 Å². The molecule has 4 rings (SSSR count). The zero-order valence-corrected chi connectivity index (χ0v) is 17.2. The minimum absolute atomic E-state index is 0.154. The number of amides is 1. The maximum atomic E-state index is 12.9. The van der Waals surface area contributed by atoms with Crippen LogP contribution in [0.5, 0.6) is 5.75 Å². The molecule has 8 heteroatoms. The Hall–Kier alpha value is -3.00. The number of fused-ring (bicyclic) bond motifs is 1. The molecule has 0 bridgehead atoms. The fraction of sp³-hybridized carbons (Fsp3) is 0.286. The van der Waals surface area contributed by atoms with Gasteiger partial charge >= 0.3 is 0 Å². The molecule has 0 unspecified atom stereocenters. The number of nitrogens with zero attached hydrogens (tertiary/aromatic N) is 1. The van der Waals surface area contributed by atoms with Gasteiger partial charge in [0.05, 0.1) is 18.6 Å². The van der Waals surface area contributed by atoms with Gasteiger partial charge in [-0.25, -0.2) is 8.42 Å². The van der Waals surface area contributed by atoms with Gasteiger partial charge in [0.2, 0.25) is 10.0 Å². The number of aryl methyl sites for hydroxylation is 1. The second-order valence-corrected chi connectivity index (χ2v) is 9.15. The largest absolute Gasteiger partial charge is 0.497 e. The van der Waals surface area contributed by atoms with Crippen LogP contribution in [0.15, 0.2) is 42.5 Å². The fourth-order valence-corrected chi connectivity index (χ4v) is 5.30. The second kappa shape index (κ2) is 7.44. The Morgan fingerprint density at radius 2 is 2.00 bits per heavy atom. The minimum Gasteiger partial charge on any atom is -0.497 e. The van der Waals surface area contributed by atoms with Crippen molar-refractivity contribution < 1.29 is 17.9 Å². The van der Waals surface area contributed by atoms with Crippen molar-refractivity contribution >= 4 is 38.2 Å². The van der Waals surface area contributed by atoms with Crippen LogP contribution in [0.2, 0.25) is 0 Å². The smallest absolute Gasteiger partial charge is 0.272 e. The van der Waals surface area contributed by atoms with E-state index in [0.717, 1.165) is 28.6 Å². The highest BCUT2D eigenvalue weighted by atomic mass is 32.2. The van der Waals surface area contributed by atoms with Crippen LogP contribution in [-0.4, -0.2) is 38.7 Å². The molecule has 0 atom stereocenters. The number of anilines is 2. The van der Waals surface area contributed by atoms with Gasteiger partial charge in [-0.15, -0.1) is 0 Å². The number of H-pyrrole nitrogens is 1. The molecule has 1 aliphatic rings. The number of aromatic nitrogens is 1. The maximum Gasteiger partial charge on any atom is 0.272 e. The summed E-state index contributed by atoms with van der Waals surface area (Å²) < 4.78 is 31.4. The van der Waals surface area contributed by atoms with Crippen LogP contribution in [0.3, 0.4) is 0 Å². The van der Waals surface area contributed by atoms with E-state index in [1.165, 1.54) is 4.31 Å². The zero-order chi connectivity index (χ0) is 20.6. The average Bonchev–Trinajstić information content (AvgIpc) is 3.04. The van der Waals surface area contributed by atoms with Gasteiger partial charge in [-0.1, -0.05) is 6.07 Å². The van der Waals surface area contributed by atoms with Gasteiger partial charge in [-0.3, -0.25) is 9.10 Å². The minimum atomic E-state index is -3.30. The first-order valence-corrected chi connectivity index (χ1v) is 11.1. The summed E-state index contributed by atoms with van der Waals surface area (Å²) in [6, 6.07) is 12.5. The zero-order valence-electron chi connectivity index (χ0n) is 16.4. The Morgan fingerprint density at radius 1 is 1.17 bits per heavy atom. The molecule has 152 valence electrons. The van der Waals surface area contributed by atoms with E-state index < -0.39 is 10.0 Å². The monoisotopic (exact) mass is 413 g/mol. The highest BCUT2D eigenvalue weighted by Crippen LogP contribution is 2.28. The molecular weight excluding hydrogens is 390 g/mol. The van der Waals surface area contributed by atoms with Crippen LogP contribution in [-0.2, 0) is 10.0 Å². The maximum absolute atomic E-state index is 12.9. The van der Waals surface area contributed by atoms with Gasteiger partial charge in [-0.2, -0.15) is 0 Å². The lowest BCUT2D eigenvalue weighted by molar-refractivity contribution is 0.102. The first-order chi connectivity index (χ1) is 13.9. The van der Waals surface area contributed by atoms with E-state index in [1.807, 2.05) is 25.1 Å². The standard InChI is InChI=1S/C21H23N3O4S/c1-14-18-13-17(28-2)8-9-19(18)23-20(14)21(25)22-15-6-5-7-16(12-15)24-10-3-4-11-29(24,26)27/h5-9,12-13,23H,3-4,10-11H2,1-2H3,(H,22,25). The molecule has 1 amide bonds. The number of hydrogen-bond acceptors (Lipinski definition) is 4. The highest BCUT2D eigenvalue weighted by molar-refractivity contribution is 7.92. The predicted molar refractivity (Wildman–Crippen MR) is 114 cm³/mol. The van der Waals surface area contributed by atoms with Gasteiger partial charge in [0.1, 0.15) is 11.4 Å². The third-order valence-electron chi connectivity index (χ3n) is 5.23. The highest BCUT2D eigenvalue weighted by Gasteiger charge is 2.26. The number of carbonyl (C=O) groups is 1. The Balaban J connectivity index is 1.61. The molecular formula is C21H23N3O4S. The van der Waals surface area contributed by atoms with Crippen LogP contribution in [0.25, 0.3) is 10.9 Å². The molecule has 2 N–H and O–H groups in total. The van der Waals surface area contributed by atoms with Crippen molar-refractivity contribution in [3.63, 3.8) is 0 Å². The summed E-state index contributed by atoms with van der Waals surface area (Å²) in [7, 11) is -1.70. The molecule has 2 aromatic carbocycles. The Labute approximate surface area is 169 Å². The molecule has 0 aliphatic carbocycles. The van der Waals surface area contributed by atoms with Crippen molar-refractivity contribution in [2.24, 2.45) is 0 Å². The quantitative estimate of drug-likeness (QED) is 0.683. The van der Waals surface area contributed by atoms with E-state index in [4.69, 9.17) is 4.74 Å². The van der Waals surface area contributed by atoms with Crippen molar-refractivity contribution in [3.8, 4) is 5.75 Å². The number of sulfonamides is 1. The lowest BCUT2D eigenvalue weighted by Gasteiger charge is -2.28. The summed E-state index contributed by atoms with van der Waals surface area (Å²) in [5, 5.41) is 3.79. The van der Waals surface area contributed by atoms with Crippen molar-refractivity contribution in [1.82, 2.24) is 4.98 Å². The molecule has 0 saturated carbocycles. The molecule has 7 nitrogen and oxygen atoms in total. The lowest BCUT2D eigenvalue weighted by Crippen LogP contribution is -2.37.